The number of H-pyrrole nitrogens is 1. The lowest BCUT2D eigenvalue weighted by atomic mass is 9.95. The molecule has 1 fully saturated rings. The van der Waals surface area contributed by atoms with E-state index in [0.29, 0.717) is 5.56 Å². The van der Waals surface area contributed by atoms with Crippen molar-refractivity contribution in [2.75, 3.05) is 6.61 Å². The molecule has 3 aromatic rings. The zero-order chi connectivity index (χ0) is 19.7. The maximum absolute atomic E-state index is 10.2. The van der Waals surface area contributed by atoms with Crippen LogP contribution in [-0.4, -0.2) is 72.7 Å². The van der Waals surface area contributed by atoms with Crippen molar-refractivity contribution in [3.05, 3.63) is 48.4 Å². The molecule has 8 nitrogen and oxygen atoms in total. The van der Waals surface area contributed by atoms with E-state index in [1.165, 1.54) is 0 Å². The maximum atomic E-state index is 10.2. The van der Waals surface area contributed by atoms with E-state index in [-0.39, 0.29) is 0 Å². The molecule has 2 aromatic heterocycles. The normalized spacial score (nSPS) is 27.4. The fourth-order valence-corrected chi connectivity index (χ4v) is 3.24. The molecular formula is C20H19N3O5. The summed E-state index contributed by atoms with van der Waals surface area (Å²) in [6.45, 7) is -0.495. The van der Waals surface area contributed by atoms with Crippen LogP contribution in [0.5, 0.6) is 0 Å². The number of aliphatic hydroxyl groups is 4. The van der Waals surface area contributed by atoms with Crippen LogP contribution in [0.1, 0.15) is 5.56 Å². The van der Waals surface area contributed by atoms with E-state index in [1.54, 1.807) is 18.6 Å². The molecule has 5 N–H and O–H groups in total. The van der Waals surface area contributed by atoms with Gasteiger partial charge in [-0.3, -0.25) is 10.1 Å². The number of nitrogens with zero attached hydrogens (tertiary/aromatic N) is 2. The SMILES string of the molecule is OC[C@H]1O[C@H](C#Cc2cc(-c3ccncc3)cc3cn[nH]c23)[C@@H](O)[C@@H](O)[C@@H]1O. The molecule has 8 heteroatoms. The first kappa shape index (κ1) is 18.6. The summed E-state index contributed by atoms with van der Waals surface area (Å²) in [5.74, 6) is 5.77. The van der Waals surface area contributed by atoms with Crippen LogP contribution in [0.25, 0.3) is 22.0 Å². The Balaban J connectivity index is 1.72. The fourth-order valence-electron chi connectivity index (χ4n) is 3.24. The molecule has 0 spiro atoms. The first-order chi connectivity index (χ1) is 13.6. The summed E-state index contributed by atoms with van der Waals surface area (Å²) in [5.41, 5.74) is 3.26. The summed E-state index contributed by atoms with van der Waals surface area (Å²) < 4.78 is 5.44. The van der Waals surface area contributed by atoms with Gasteiger partial charge in [-0.05, 0) is 35.4 Å². The highest BCUT2D eigenvalue weighted by Gasteiger charge is 2.42. The lowest BCUT2D eigenvalue weighted by molar-refractivity contribution is -0.214. The van der Waals surface area contributed by atoms with E-state index < -0.39 is 37.1 Å². The van der Waals surface area contributed by atoms with Gasteiger partial charge in [0.25, 0.3) is 0 Å². The van der Waals surface area contributed by atoms with Gasteiger partial charge in [-0.15, -0.1) is 0 Å². The molecule has 0 unspecified atom stereocenters. The molecular weight excluding hydrogens is 362 g/mol. The topological polar surface area (TPSA) is 132 Å². The van der Waals surface area contributed by atoms with Crippen molar-refractivity contribution in [1.82, 2.24) is 15.2 Å². The summed E-state index contributed by atoms with van der Waals surface area (Å²) in [7, 11) is 0. The van der Waals surface area contributed by atoms with E-state index in [9.17, 15) is 20.4 Å². The average Bonchev–Trinajstić information content (AvgIpc) is 3.21. The van der Waals surface area contributed by atoms with Crippen molar-refractivity contribution in [2.24, 2.45) is 0 Å². The van der Waals surface area contributed by atoms with Gasteiger partial charge in [0.2, 0.25) is 0 Å². The molecule has 1 aliphatic rings. The van der Waals surface area contributed by atoms with Crippen LogP contribution in [0.15, 0.2) is 42.9 Å². The van der Waals surface area contributed by atoms with Gasteiger partial charge in [0.05, 0.1) is 23.9 Å². The second-order valence-corrected chi connectivity index (χ2v) is 6.61. The molecule has 0 amide bonds. The number of pyridine rings is 1. The van der Waals surface area contributed by atoms with Crippen LogP contribution < -0.4 is 0 Å². The van der Waals surface area contributed by atoms with Gasteiger partial charge >= 0.3 is 0 Å². The molecule has 1 aliphatic heterocycles. The van der Waals surface area contributed by atoms with Crippen molar-refractivity contribution in [3.63, 3.8) is 0 Å². The number of aromatic nitrogens is 3. The molecule has 144 valence electrons. The zero-order valence-electron chi connectivity index (χ0n) is 14.7. The molecule has 0 bridgehead atoms. The Morgan fingerprint density at radius 3 is 2.57 bits per heavy atom. The molecule has 0 aliphatic carbocycles. The summed E-state index contributed by atoms with van der Waals surface area (Å²) in [5, 5.41) is 47.1. The first-order valence-corrected chi connectivity index (χ1v) is 8.78. The number of hydrogen-bond donors (Lipinski definition) is 5. The maximum Gasteiger partial charge on any atom is 0.147 e. The van der Waals surface area contributed by atoms with E-state index in [2.05, 4.69) is 27.0 Å². The minimum atomic E-state index is -1.46. The van der Waals surface area contributed by atoms with Gasteiger partial charge in [0.15, 0.2) is 0 Å². The summed E-state index contributed by atoms with van der Waals surface area (Å²) in [6, 6.07) is 7.63. The Morgan fingerprint density at radius 1 is 1.04 bits per heavy atom. The van der Waals surface area contributed by atoms with E-state index in [1.807, 2.05) is 24.3 Å². The molecule has 1 saturated heterocycles. The van der Waals surface area contributed by atoms with Crippen molar-refractivity contribution < 1.29 is 25.2 Å². The Bertz CT molecular complexity index is 1020. The quantitative estimate of drug-likeness (QED) is 0.389. The number of ether oxygens (including phenoxy) is 1. The molecule has 4 rings (SSSR count). The molecule has 3 heterocycles. The van der Waals surface area contributed by atoms with Crippen LogP contribution in [0.4, 0.5) is 0 Å². The second kappa shape index (κ2) is 7.67. The highest BCUT2D eigenvalue weighted by atomic mass is 16.5. The van der Waals surface area contributed by atoms with Crippen LogP contribution in [0.3, 0.4) is 0 Å². The average molecular weight is 381 g/mol. The Kier molecular flexibility index (Phi) is 5.09. The predicted octanol–water partition coefficient (Wildman–Crippen LogP) is -0.181. The van der Waals surface area contributed by atoms with Gasteiger partial charge in [-0.25, -0.2) is 0 Å². The lowest BCUT2D eigenvalue weighted by Gasteiger charge is -2.37. The summed E-state index contributed by atoms with van der Waals surface area (Å²) in [6.07, 6.45) is -1.22. The predicted molar refractivity (Wildman–Crippen MR) is 100.0 cm³/mol. The molecule has 0 radical (unpaired) electrons. The molecule has 28 heavy (non-hydrogen) atoms. The van der Waals surface area contributed by atoms with E-state index in [4.69, 9.17) is 4.74 Å². The van der Waals surface area contributed by atoms with Crippen molar-refractivity contribution in [3.8, 4) is 23.0 Å². The zero-order valence-corrected chi connectivity index (χ0v) is 14.7. The number of nitrogens with one attached hydrogen (secondary N) is 1. The minimum Gasteiger partial charge on any atom is -0.394 e. The summed E-state index contributed by atoms with van der Waals surface area (Å²) >= 11 is 0. The van der Waals surface area contributed by atoms with Crippen LogP contribution in [0.2, 0.25) is 0 Å². The Labute approximate surface area is 160 Å². The number of aromatic amines is 1. The molecule has 1 aromatic carbocycles. The number of benzene rings is 1. The third-order valence-corrected chi connectivity index (χ3v) is 4.80. The number of aliphatic hydroxyl groups excluding tert-OH is 4. The number of hydrogen-bond acceptors (Lipinski definition) is 7. The highest BCUT2D eigenvalue weighted by molar-refractivity contribution is 5.89. The summed E-state index contributed by atoms with van der Waals surface area (Å²) in [4.78, 5) is 4.02. The van der Waals surface area contributed by atoms with Gasteiger partial charge in [0.1, 0.15) is 30.5 Å². The van der Waals surface area contributed by atoms with E-state index >= 15 is 0 Å². The first-order valence-electron chi connectivity index (χ1n) is 8.78. The van der Waals surface area contributed by atoms with E-state index in [0.717, 1.165) is 22.0 Å². The smallest absolute Gasteiger partial charge is 0.147 e. The molecule has 5 atom stereocenters. The fraction of sp³-hybridized carbons (Fsp3) is 0.300. The van der Waals surface area contributed by atoms with Crippen molar-refractivity contribution in [2.45, 2.75) is 30.5 Å². The standard InChI is InChI=1S/C20H19N3O5/c24-10-16-19(26)20(27)18(25)15(28-16)2-1-12-7-13(11-3-5-21-6-4-11)8-14-9-22-23-17(12)14/h3-9,15-16,18-20,24-27H,10H2,(H,22,23)/t15-,16-,18-,19-,20-/m1/s1. The van der Waals surface area contributed by atoms with Gasteiger partial charge in [0, 0.05) is 17.8 Å². The highest BCUT2D eigenvalue weighted by Crippen LogP contribution is 2.26. The third kappa shape index (κ3) is 3.38. The number of fused-ring (bicyclic) bond motifs is 1. The lowest BCUT2D eigenvalue weighted by Crippen LogP contribution is -2.58. The minimum absolute atomic E-state index is 0.495. The Hall–Kier alpha value is -2.80. The second-order valence-electron chi connectivity index (χ2n) is 6.61. The van der Waals surface area contributed by atoms with Gasteiger partial charge in [-0.1, -0.05) is 11.8 Å². The van der Waals surface area contributed by atoms with Gasteiger partial charge < -0.3 is 25.2 Å². The van der Waals surface area contributed by atoms with Crippen LogP contribution in [-0.2, 0) is 4.74 Å². The van der Waals surface area contributed by atoms with Crippen LogP contribution in [0, 0.1) is 11.8 Å². The van der Waals surface area contributed by atoms with Crippen molar-refractivity contribution >= 4 is 10.9 Å². The number of rotatable bonds is 2. The van der Waals surface area contributed by atoms with Gasteiger partial charge in [-0.2, -0.15) is 5.10 Å². The monoisotopic (exact) mass is 381 g/mol. The van der Waals surface area contributed by atoms with Crippen LogP contribution >= 0.6 is 0 Å². The molecule has 0 saturated carbocycles. The Morgan fingerprint density at radius 2 is 1.82 bits per heavy atom. The van der Waals surface area contributed by atoms with Crippen molar-refractivity contribution in [1.29, 1.82) is 0 Å². The third-order valence-electron chi connectivity index (χ3n) is 4.80. The largest absolute Gasteiger partial charge is 0.394 e.